The van der Waals surface area contributed by atoms with Crippen LogP contribution in [-0.4, -0.2) is 36.4 Å². The maximum Gasteiger partial charge on any atom is 0.322 e. The summed E-state index contributed by atoms with van der Waals surface area (Å²) in [7, 11) is -3.69. The van der Waals surface area contributed by atoms with Crippen molar-refractivity contribution in [3.63, 3.8) is 0 Å². The Labute approximate surface area is 118 Å². The van der Waals surface area contributed by atoms with Crippen LogP contribution in [0.2, 0.25) is 0 Å². The van der Waals surface area contributed by atoms with Crippen LogP contribution in [0, 0.1) is 0 Å². The van der Waals surface area contributed by atoms with Crippen molar-refractivity contribution in [1.82, 2.24) is 4.31 Å². The summed E-state index contributed by atoms with van der Waals surface area (Å²) >= 11 is 4.31. The van der Waals surface area contributed by atoms with Gasteiger partial charge in [-0.3, -0.25) is 4.79 Å². The minimum Gasteiger partial charge on any atom is -0.480 e. The lowest BCUT2D eigenvalue weighted by Gasteiger charge is -2.31. The first-order valence-electron chi connectivity index (χ1n) is 5.43. The van der Waals surface area contributed by atoms with Crippen LogP contribution in [0.3, 0.4) is 0 Å². The fourth-order valence-corrected chi connectivity index (χ4v) is 5.78. The van der Waals surface area contributed by atoms with Crippen molar-refractivity contribution in [2.45, 2.75) is 29.5 Å². The quantitative estimate of drug-likeness (QED) is 0.903. The Morgan fingerprint density at radius 3 is 2.72 bits per heavy atom. The molecule has 100 valence electrons. The lowest BCUT2D eigenvalue weighted by Crippen LogP contribution is -2.47. The second kappa shape index (κ2) is 5.28. The van der Waals surface area contributed by atoms with Crippen molar-refractivity contribution < 1.29 is 18.3 Å². The van der Waals surface area contributed by atoms with Crippen molar-refractivity contribution in [2.24, 2.45) is 0 Å². The van der Waals surface area contributed by atoms with E-state index in [1.54, 1.807) is 6.07 Å². The van der Waals surface area contributed by atoms with Gasteiger partial charge in [0.15, 0.2) is 0 Å². The molecule has 1 atom stereocenters. The maximum absolute atomic E-state index is 12.4. The summed E-state index contributed by atoms with van der Waals surface area (Å²) in [5, 5.41) is 9.11. The third-order valence-corrected chi connectivity index (χ3v) is 6.85. The van der Waals surface area contributed by atoms with Gasteiger partial charge in [-0.25, -0.2) is 8.42 Å². The standard InChI is InChI=1S/C10H12BrNO4S2/c11-8-4-5-9(17-8)18(15,16)12-6-2-1-3-7(12)10(13)14/h4-5,7H,1-3,6H2,(H,13,14)/t7-/m0/s1. The smallest absolute Gasteiger partial charge is 0.322 e. The van der Waals surface area contributed by atoms with E-state index in [4.69, 9.17) is 5.11 Å². The first-order chi connectivity index (χ1) is 8.43. The zero-order valence-corrected chi connectivity index (χ0v) is 12.6. The van der Waals surface area contributed by atoms with Gasteiger partial charge < -0.3 is 5.11 Å². The molecule has 8 heteroatoms. The Morgan fingerprint density at radius 2 is 2.17 bits per heavy atom. The molecule has 0 aliphatic carbocycles. The molecule has 0 amide bonds. The summed E-state index contributed by atoms with van der Waals surface area (Å²) in [6.07, 6.45) is 1.83. The Hall–Kier alpha value is -0.440. The lowest BCUT2D eigenvalue weighted by atomic mass is 10.1. The molecular weight excluding hydrogens is 342 g/mol. The number of sulfonamides is 1. The number of hydrogen-bond donors (Lipinski definition) is 1. The van der Waals surface area contributed by atoms with Gasteiger partial charge in [-0.1, -0.05) is 0 Å². The third kappa shape index (κ3) is 2.61. The summed E-state index contributed by atoms with van der Waals surface area (Å²) in [6.45, 7) is 0.273. The second-order valence-corrected chi connectivity index (χ2v) is 8.60. The van der Waals surface area contributed by atoms with Crippen LogP contribution in [0.4, 0.5) is 0 Å². The first kappa shape index (κ1) is 14.0. The SMILES string of the molecule is O=C(O)[C@@H]1CCCCN1S(=O)(=O)c1ccc(Br)s1. The van der Waals surface area contributed by atoms with Gasteiger partial charge in [0.25, 0.3) is 10.0 Å². The zero-order valence-electron chi connectivity index (χ0n) is 9.37. The number of thiophene rings is 1. The summed E-state index contributed by atoms with van der Waals surface area (Å²) in [4.78, 5) is 11.1. The van der Waals surface area contributed by atoms with E-state index in [1.165, 1.54) is 6.07 Å². The van der Waals surface area contributed by atoms with Gasteiger partial charge in [0, 0.05) is 6.54 Å². The van der Waals surface area contributed by atoms with E-state index in [1.807, 2.05) is 0 Å². The number of carboxylic acids is 1. The molecule has 1 saturated heterocycles. The largest absolute Gasteiger partial charge is 0.480 e. The number of nitrogens with zero attached hydrogens (tertiary/aromatic N) is 1. The fourth-order valence-electron chi connectivity index (χ4n) is 1.99. The molecule has 0 spiro atoms. The molecule has 1 aromatic heterocycles. The maximum atomic E-state index is 12.4. The number of carbonyl (C=O) groups is 1. The second-order valence-electron chi connectivity index (χ2n) is 4.02. The Bertz CT molecular complexity index is 554. The third-order valence-electron chi connectivity index (χ3n) is 2.85. The number of piperidine rings is 1. The van der Waals surface area contributed by atoms with E-state index in [2.05, 4.69) is 15.9 Å². The van der Waals surface area contributed by atoms with Gasteiger partial charge in [0.2, 0.25) is 0 Å². The molecule has 1 N–H and O–H groups in total. The first-order valence-corrected chi connectivity index (χ1v) is 8.48. The van der Waals surface area contributed by atoms with Crippen LogP contribution in [0.1, 0.15) is 19.3 Å². The highest BCUT2D eigenvalue weighted by Gasteiger charge is 2.38. The van der Waals surface area contributed by atoms with Crippen LogP contribution in [0.5, 0.6) is 0 Å². The van der Waals surface area contributed by atoms with Crippen LogP contribution < -0.4 is 0 Å². The molecule has 2 heterocycles. The molecule has 18 heavy (non-hydrogen) atoms. The van der Waals surface area contributed by atoms with Crippen LogP contribution in [0.15, 0.2) is 20.1 Å². The molecule has 5 nitrogen and oxygen atoms in total. The van der Waals surface area contributed by atoms with Crippen LogP contribution in [0.25, 0.3) is 0 Å². The summed E-state index contributed by atoms with van der Waals surface area (Å²) in [6, 6.07) is 2.21. The molecule has 1 aromatic rings. The Kier molecular flexibility index (Phi) is 4.10. The predicted octanol–water partition coefficient (Wildman–Crippen LogP) is 2.14. The van der Waals surface area contributed by atoms with Crippen molar-refractivity contribution in [3.05, 3.63) is 15.9 Å². The highest BCUT2D eigenvalue weighted by Crippen LogP contribution is 2.31. The highest BCUT2D eigenvalue weighted by molar-refractivity contribution is 9.11. The van der Waals surface area contributed by atoms with E-state index in [0.717, 1.165) is 22.1 Å². The number of hydrogen-bond acceptors (Lipinski definition) is 4. The molecule has 0 unspecified atom stereocenters. The van der Waals surface area contributed by atoms with Crippen molar-refractivity contribution in [3.8, 4) is 0 Å². The van der Waals surface area contributed by atoms with Crippen molar-refractivity contribution in [2.75, 3.05) is 6.54 Å². The molecule has 0 saturated carbocycles. The molecule has 1 aliphatic rings. The number of carboxylic acid groups (broad SMARTS) is 1. The van der Waals surface area contributed by atoms with Gasteiger partial charge in [-0.2, -0.15) is 4.31 Å². The molecule has 1 fully saturated rings. The summed E-state index contributed by atoms with van der Waals surface area (Å²) in [5.41, 5.74) is 0. The minimum absolute atomic E-state index is 0.183. The van der Waals surface area contributed by atoms with Crippen LogP contribution >= 0.6 is 27.3 Å². The topological polar surface area (TPSA) is 74.7 Å². The molecular formula is C10H12BrNO4S2. The highest BCUT2D eigenvalue weighted by atomic mass is 79.9. The van der Waals surface area contributed by atoms with Crippen molar-refractivity contribution in [1.29, 1.82) is 0 Å². The summed E-state index contributed by atoms with van der Waals surface area (Å²) in [5.74, 6) is -1.08. The molecule has 1 aliphatic heterocycles. The van der Waals surface area contributed by atoms with E-state index in [9.17, 15) is 13.2 Å². The molecule has 2 rings (SSSR count). The average molecular weight is 354 g/mol. The average Bonchev–Trinajstić information content (AvgIpc) is 2.76. The van der Waals surface area contributed by atoms with Gasteiger partial charge >= 0.3 is 5.97 Å². The van der Waals surface area contributed by atoms with Gasteiger partial charge in [-0.05, 0) is 47.3 Å². The predicted molar refractivity (Wildman–Crippen MR) is 71.2 cm³/mol. The fraction of sp³-hybridized carbons (Fsp3) is 0.500. The number of halogens is 1. The van der Waals surface area contributed by atoms with Gasteiger partial charge in [0.1, 0.15) is 10.3 Å². The van der Waals surface area contributed by atoms with Gasteiger partial charge in [0.05, 0.1) is 3.79 Å². The lowest BCUT2D eigenvalue weighted by molar-refractivity contribution is -0.142. The van der Waals surface area contributed by atoms with E-state index in [-0.39, 0.29) is 10.8 Å². The normalized spacial score (nSPS) is 21.9. The summed E-state index contributed by atoms with van der Waals surface area (Å²) < 4.78 is 26.7. The van der Waals surface area contributed by atoms with E-state index in [0.29, 0.717) is 16.6 Å². The van der Waals surface area contributed by atoms with E-state index < -0.39 is 22.0 Å². The number of aliphatic carboxylic acids is 1. The minimum atomic E-state index is -3.69. The Balaban J connectivity index is 2.36. The zero-order chi connectivity index (χ0) is 13.3. The number of rotatable bonds is 3. The van der Waals surface area contributed by atoms with Gasteiger partial charge in [-0.15, -0.1) is 11.3 Å². The molecule has 0 bridgehead atoms. The van der Waals surface area contributed by atoms with Crippen molar-refractivity contribution >= 4 is 43.3 Å². The van der Waals surface area contributed by atoms with E-state index >= 15 is 0 Å². The Morgan fingerprint density at radius 1 is 1.44 bits per heavy atom. The molecule has 0 aromatic carbocycles. The monoisotopic (exact) mass is 353 g/mol. The van der Waals surface area contributed by atoms with Crippen LogP contribution in [-0.2, 0) is 14.8 Å². The molecule has 0 radical (unpaired) electrons.